The summed E-state index contributed by atoms with van der Waals surface area (Å²) in [5.41, 5.74) is 0. The van der Waals surface area contributed by atoms with Gasteiger partial charge in [-0.25, -0.2) is 0 Å². The Morgan fingerprint density at radius 1 is 1.62 bits per heavy atom. The fraction of sp³-hybridized carbons (Fsp3) is 0.889. The molecule has 13 heavy (non-hydrogen) atoms. The SMILES string of the molecule is CC(C)COC(=O)C1CSCC1O. The molecule has 0 aromatic carbocycles. The molecule has 1 N–H and O–H groups in total. The third-order valence-corrected chi connectivity index (χ3v) is 3.08. The van der Waals surface area contributed by atoms with Crippen LogP contribution in [0.3, 0.4) is 0 Å². The lowest BCUT2D eigenvalue weighted by molar-refractivity contribution is -0.151. The molecule has 0 spiro atoms. The molecule has 0 aliphatic carbocycles. The molecular weight excluding hydrogens is 188 g/mol. The topological polar surface area (TPSA) is 46.5 Å². The summed E-state index contributed by atoms with van der Waals surface area (Å²) < 4.78 is 5.05. The first-order valence-electron chi connectivity index (χ1n) is 4.53. The van der Waals surface area contributed by atoms with Crippen LogP contribution in [0.5, 0.6) is 0 Å². The molecule has 0 aromatic heterocycles. The van der Waals surface area contributed by atoms with Gasteiger partial charge in [0.2, 0.25) is 0 Å². The monoisotopic (exact) mass is 204 g/mol. The molecule has 3 nitrogen and oxygen atoms in total. The molecule has 0 saturated carbocycles. The number of esters is 1. The number of rotatable bonds is 3. The van der Waals surface area contributed by atoms with Gasteiger partial charge in [-0.3, -0.25) is 4.79 Å². The van der Waals surface area contributed by atoms with Crippen molar-refractivity contribution in [3.63, 3.8) is 0 Å². The van der Waals surface area contributed by atoms with Crippen molar-refractivity contribution in [3.8, 4) is 0 Å². The van der Waals surface area contributed by atoms with Gasteiger partial charge in [-0.05, 0) is 5.92 Å². The van der Waals surface area contributed by atoms with Crippen molar-refractivity contribution in [2.75, 3.05) is 18.1 Å². The van der Waals surface area contributed by atoms with Crippen LogP contribution in [0.2, 0.25) is 0 Å². The number of hydrogen-bond acceptors (Lipinski definition) is 4. The fourth-order valence-electron chi connectivity index (χ4n) is 1.12. The molecule has 2 unspecified atom stereocenters. The van der Waals surface area contributed by atoms with E-state index in [0.29, 0.717) is 24.0 Å². The van der Waals surface area contributed by atoms with Gasteiger partial charge in [-0.2, -0.15) is 11.8 Å². The molecule has 1 saturated heterocycles. The van der Waals surface area contributed by atoms with E-state index in [-0.39, 0.29) is 11.9 Å². The predicted molar refractivity (Wildman–Crippen MR) is 52.6 cm³/mol. The third-order valence-electron chi connectivity index (χ3n) is 1.91. The summed E-state index contributed by atoms with van der Waals surface area (Å²) in [6, 6.07) is 0. The Morgan fingerprint density at radius 3 is 2.77 bits per heavy atom. The third kappa shape index (κ3) is 3.19. The Labute approximate surface area is 82.8 Å². The Bertz CT molecular complexity index is 182. The second-order valence-electron chi connectivity index (χ2n) is 3.74. The molecule has 1 heterocycles. The second kappa shape index (κ2) is 4.86. The van der Waals surface area contributed by atoms with Crippen LogP contribution in [0.25, 0.3) is 0 Å². The van der Waals surface area contributed by atoms with Gasteiger partial charge < -0.3 is 9.84 Å². The number of ether oxygens (including phenoxy) is 1. The zero-order valence-electron chi connectivity index (χ0n) is 8.03. The minimum atomic E-state index is -0.510. The normalized spacial score (nSPS) is 28.0. The molecule has 0 amide bonds. The summed E-state index contributed by atoms with van der Waals surface area (Å²) in [5, 5.41) is 9.40. The fourth-order valence-corrected chi connectivity index (χ4v) is 2.35. The molecule has 1 fully saturated rings. The number of carbonyl (C=O) groups is 1. The van der Waals surface area contributed by atoms with E-state index < -0.39 is 6.10 Å². The van der Waals surface area contributed by atoms with Crippen LogP contribution in [0.4, 0.5) is 0 Å². The number of thioether (sulfide) groups is 1. The van der Waals surface area contributed by atoms with Gasteiger partial charge in [-0.1, -0.05) is 13.8 Å². The molecule has 0 radical (unpaired) electrons. The van der Waals surface area contributed by atoms with Crippen molar-refractivity contribution in [2.45, 2.75) is 20.0 Å². The molecule has 4 heteroatoms. The highest BCUT2D eigenvalue weighted by atomic mass is 32.2. The zero-order chi connectivity index (χ0) is 9.84. The van der Waals surface area contributed by atoms with Gasteiger partial charge in [0.1, 0.15) is 0 Å². The Kier molecular flexibility index (Phi) is 4.06. The highest BCUT2D eigenvalue weighted by Crippen LogP contribution is 2.25. The number of hydrogen-bond donors (Lipinski definition) is 1. The summed E-state index contributed by atoms with van der Waals surface area (Å²) in [6.45, 7) is 4.44. The Hall–Kier alpha value is -0.220. The zero-order valence-corrected chi connectivity index (χ0v) is 8.84. The lowest BCUT2D eigenvalue weighted by Gasteiger charge is -2.13. The van der Waals surface area contributed by atoms with Gasteiger partial charge >= 0.3 is 5.97 Å². The molecule has 76 valence electrons. The largest absolute Gasteiger partial charge is 0.465 e. The van der Waals surface area contributed by atoms with Crippen LogP contribution in [-0.4, -0.2) is 35.3 Å². The molecule has 1 rings (SSSR count). The minimum Gasteiger partial charge on any atom is -0.465 e. The number of aliphatic hydroxyl groups is 1. The highest BCUT2D eigenvalue weighted by molar-refractivity contribution is 7.99. The summed E-state index contributed by atoms with van der Waals surface area (Å²) in [7, 11) is 0. The van der Waals surface area contributed by atoms with E-state index in [1.807, 2.05) is 13.8 Å². The van der Waals surface area contributed by atoms with Crippen LogP contribution in [-0.2, 0) is 9.53 Å². The molecule has 1 aliphatic heterocycles. The van der Waals surface area contributed by atoms with Gasteiger partial charge in [0.05, 0.1) is 18.6 Å². The van der Waals surface area contributed by atoms with Gasteiger partial charge in [0.15, 0.2) is 0 Å². The van der Waals surface area contributed by atoms with E-state index in [9.17, 15) is 9.90 Å². The summed E-state index contributed by atoms with van der Waals surface area (Å²) in [5.74, 6) is 1.16. The summed E-state index contributed by atoms with van der Waals surface area (Å²) >= 11 is 1.60. The standard InChI is InChI=1S/C9H16O3S/c1-6(2)3-12-9(11)7-4-13-5-8(7)10/h6-8,10H,3-5H2,1-2H3. The maximum absolute atomic E-state index is 11.4. The first-order valence-corrected chi connectivity index (χ1v) is 5.69. The quantitative estimate of drug-likeness (QED) is 0.694. The van der Waals surface area contributed by atoms with Gasteiger partial charge in [0, 0.05) is 11.5 Å². The first kappa shape index (κ1) is 10.9. The lowest BCUT2D eigenvalue weighted by atomic mass is 10.1. The summed E-state index contributed by atoms with van der Waals surface area (Å²) in [6.07, 6.45) is -0.510. The van der Waals surface area contributed by atoms with Crippen LogP contribution in [0, 0.1) is 11.8 Å². The van der Waals surface area contributed by atoms with E-state index in [4.69, 9.17) is 4.74 Å². The van der Waals surface area contributed by atoms with Crippen molar-refractivity contribution in [1.82, 2.24) is 0 Å². The predicted octanol–water partition coefficient (Wildman–Crippen LogP) is 0.909. The van der Waals surface area contributed by atoms with Crippen molar-refractivity contribution in [1.29, 1.82) is 0 Å². The average molecular weight is 204 g/mol. The molecule has 2 atom stereocenters. The van der Waals surface area contributed by atoms with E-state index in [1.165, 1.54) is 0 Å². The van der Waals surface area contributed by atoms with E-state index >= 15 is 0 Å². The molecular formula is C9H16O3S. The van der Waals surface area contributed by atoms with Crippen LogP contribution in [0.15, 0.2) is 0 Å². The number of aliphatic hydroxyl groups excluding tert-OH is 1. The van der Waals surface area contributed by atoms with Crippen molar-refractivity contribution in [3.05, 3.63) is 0 Å². The first-order chi connectivity index (χ1) is 6.11. The van der Waals surface area contributed by atoms with Crippen molar-refractivity contribution >= 4 is 17.7 Å². The van der Waals surface area contributed by atoms with E-state index in [2.05, 4.69) is 0 Å². The van der Waals surface area contributed by atoms with E-state index in [1.54, 1.807) is 11.8 Å². The van der Waals surface area contributed by atoms with Gasteiger partial charge in [-0.15, -0.1) is 0 Å². The van der Waals surface area contributed by atoms with Crippen molar-refractivity contribution in [2.24, 2.45) is 11.8 Å². The Balaban J connectivity index is 2.30. The molecule has 1 aliphatic rings. The molecule has 0 aromatic rings. The minimum absolute atomic E-state index is 0.244. The van der Waals surface area contributed by atoms with Crippen LogP contribution in [0.1, 0.15) is 13.8 Å². The smallest absolute Gasteiger partial charge is 0.312 e. The van der Waals surface area contributed by atoms with Gasteiger partial charge in [0.25, 0.3) is 0 Å². The summed E-state index contributed by atoms with van der Waals surface area (Å²) in [4.78, 5) is 11.4. The lowest BCUT2D eigenvalue weighted by Crippen LogP contribution is -2.29. The highest BCUT2D eigenvalue weighted by Gasteiger charge is 2.33. The van der Waals surface area contributed by atoms with Crippen LogP contribution >= 0.6 is 11.8 Å². The van der Waals surface area contributed by atoms with Crippen molar-refractivity contribution < 1.29 is 14.6 Å². The second-order valence-corrected chi connectivity index (χ2v) is 4.81. The number of carbonyl (C=O) groups excluding carboxylic acids is 1. The van der Waals surface area contributed by atoms with E-state index in [0.717, 1.165) is 0 Å². The van der Waals surface area contributed by atoms with Crippen LogP contribution < -0.4 is 0 Å². The molecule has 0 bridgehead atoms. The maximum Gasteiger partial charge on any atom is 0.312 e. The maximum atomic E-state index is 11.4. The average Bonchev–Trinajstić information content (AvgIpc) is 2.47. The Morgan fingerprint density at radius 2 is 2.31 bits per heavy atom.